The van der Waals surface area contributed by atoms with Gasteiger partial charge in [-0.15, -0.1) is 3.89 Å². The molecule has 0 heterocycles. The van der Waals surface area contributed by atoms with Gasteiger partial charge in [-0.2, -0.15) is 12.8 Å². The summed E-state index contributed by atoms with van der Waals surface area (Å²) in [6.07, 6.45) is -4.61. The van der Waals surface area contributed by atoms with Crippen molar-refractivity contribution in [3.8, 4) is 0 Å². The third kappa shape index (κ3) is 1.54. The smallest absolute Gasteiger partial charge is 0.256 e. The minimum Gasteiger partial charge on any atom is -0.256 e. The van der Waals surface area contributed by atoms with Crippen LogP contribution in [-0.4, -0.2) is 25.9 Å². The fourth-order valence-electron chi connectivity index (χ4n) is 0.288. The fraction of sp³-hybridized carbons (Fsp3) is 0.667. The molecule has 0 aromatic carbocycles. The van der Waals surface area contributed by atoms with Gasteiger partial charge in [0.15, 0.2) is 0 Å². The van der Waals surface area contributed by atoms with E-state index in [-0.39, 0.29) is 0 Å². The predicted molar refractivity (Wildman–Crippen MR) is 26.0 cm³/mol. The van der Waals surface area contributed by atoms with Crippen molar-refractivity contribution in [1.29, 1.82) is 0 Å². The van der Waals surface area contributed by atoms with Crippen LogP contribution in [0.5, 0.6) is 0 Å². The van der Waals surface area contributed by atoms with Crippen molar-refractivity contribution in [3.63, 3.8) is 0 Å². The summed E-state index contributed by atoms with van der Waals surface area (Å²) >= 11 is 0. The molecule has 72 valence electrons. The number of rotatable bonds is 3. The van der Waals surface area contributed by atoms with Gasteiger partial charge in [-0.3, -0.25) is 4.79 Å². The van der Waals surface area contributed by atoms with Gasteiger partial charge in [-0.25, -0.2) is 13.2 Å². The average molecular weight is 212 g/mol. The van der Waals surface area contributed by atoms with Crippen molar-refractivity contribution in [2.75, 3.05) is 0 Å². The molecular formula is C3HF5O3S. The van der Waals surface area contributed by atoms with Crippen LogP contribution in [0.25, 0.3) is 0 Å². The maximum absolute atomic E-state index is 12.1. The Balaban J connectivity index is 5.33. The molecule has 0 rings (SSSR count). The second-order valence-electron chi connectivity index (χ2n) is 1.66. The van der Waals surface area contributed by atoms with Crippen molar-refractivity contribution in [3.05, 3.63) is 0 Å². The zero-order valence-electron chi connectivity index (χ0n) is 5.10. The van der Waals surface area contributed by atoms with Gasteiger partial charge in [-0.1, -0.05) is 0 Å². The highest BCUT2D eigenvalue weighted by molar-refractivity contribution is 7.88. The van der Waals surface area contributed by atoms with E-state index < -0.39 is 27.7 Å². The van der Waals surface area contributed by atoms with Crippen LogP contribution in [-0.2, 0) is 15.0 Å². The summed E-state index contributed by atoms with van der Waals surface area (Å²) in [7, 11) is -6.60. The van der Waals surface area contributed by atoms with E-state index in [1.165, 1.54) is 0 Å². The summed E-state index contributed by atoms with van der Waals surface area (Å²) in [5.74, 6) is 0. The number of carbonyl (C=O) groups excluding carboxylic acids is 1. The molecule has 0 aromatic heterocycles. The Morgan fingerprint density at radius 2 is 1.67 bits per heavy atom. The number of carbonyl (C=O) groups is 1. The lowest BCUT2D eigenvalue weighted by Gasteiger charge is -2.12. The lowest BCUT2D eigenvalue weighted by molar-refractivity contribution is -0.144. The van der Waals surface area contributed by atoms with E-state index in [2.05, 4.69) is 0 Å². The monoisotopic (exact) mass is 212 g/mol. The molecule has 0 radical (unpaired) electrons. The van der Waals surface area contributed by atoms with Gasteiger partial charge in [-0.05, 0) is 0 Å². The molecule has 0 fully saturated rings. The molecular weight excluding hydrogens is 211 g/mol. The molecule has 1 atom stereocenters. The Labute approximate surface area is 63.4 Å². The second kappa shape index (κ2) is 2.96. The van der Waals surface area contributed by atoms with E-state index in [0.29, 0.717) is 0 Å². The molecule has 0 amide bonds. The molecule has 1 unspecified atom stereocenters. The summed E-state index contributed by atoms with van der Waals surface area (Å²) in [4.78, 5) is 9.41. The summed E-state index contributed by atoms with van der Waals surface area (Å²) < 4.78 is 76.9. The van der Waals surface area contributed by atoms with Gasteiger partial charge in [0.05, 0.1) is 0 Å². The van der Waals surface area contributed by atoms with Crippen LogP contribution < -0.4 is 0 Å². The third-order valence-corrected chi connectivity index (χ3v) is 1.95. The van der Waals surface area contributed by atoms with E-state index in [9.17, 15) is 34.7 Å². The Hall–Kier alpha value is -0.730. The summed E-state index contributed by atoms with van der Waals surface area (Å²) in [5.41, 5.74) is 0. The van der Waals surface area contributed by atoms with Crippen molar-refractivity contribution in [2.45, 2.75) is 11.4 Å². The van der Waals surface area contributed by atoms with Gasteiger partial charge in [0.2, 0.25) is 0 Å². The third-order valence-electron chi connectivity index (χ3n) is 0.904. The van der Waals surface area contributed by atoms with Gasteiger partial charge in [0.25, 0.3) is 6.43 Å². The lowest BCUT2D eigenvalue weighted by Crippen LogP contribution is -2.44. The van der Waals surface area contributed by atoms with Crippen LogP contribution in [0, 0.1) is 0 Å². The van der Waals surface area contributed by atoms with Crippen LogP contribution in [0.15, 0.2) is 0 Å². The zero-order chi connectivity index (χ0) is 10.2. The van der Waals surface area contributed by atoms with Crippen LogP contribution in [0.3, 0.4) is 0 Å². The molecule has 3 nitrogen and oxygen atoms in total. The first-order valence-corrected chi connectivity index (χ1v) is 3.63. The minimum absolute atomic E-state index is 3.58. The molecule has 9 heteroatoms. The van der Waals surface area contributed by atoms with E-state index in [1.54, 1.807) is 0 Å². The highest BCUT2D eigenvalue weighted by Gasteiger charge is 2.61. The highest BCUT2D eigenvalue weighted by atomic mass is 32.3. The van der Waals surface area contributed by atoms with E-state index in [4.69, 9.17) is 0 Å². The lowest BCUT2D eigenvalue weighted by atomic mass is 10.4. The van der Waals surface area contributed by atoms with Gasteiger partial charge in [0, 0.05) is 0 Å². The molecule has 0 aliphatic heterocycles. The topological polar surface area (TPSA) is 51.2 Å². The van der Waals surface area contributed by atoms with Crippen LogP contribution in [0.1, 0.15) is 0 Å². The average Bonchev–Trinajstić information content (AvgIpc) is 1.82. The summed E-state index contributed by atoms with van der Waals surface area (Å²) in [6.45, 7) is 0. The molecule has 0 saturated carbocycles. The van der Waals surface area contributed by atoms with Gasteiger partial charge in [0.1, 0.15) is 0 Å². The first kappa shape index (κ1) is 11.3. The normalized spacial score (nSPS) is 17.5. The predicted octanol–water partition coefficient (Wildman–Crippen LogP) is 0.713. The fourth-order valence-corrected chi connectivity index (χ4v) is 0.693. The van der Waals surface area contributed by atoms with E-state index >= 15 is 0 Å². The largest absolute Gasteiger partial charge is 0.386 e. The van der Waals surface area contributed by atoms with Gasteiger partial charge < -0.3 is 0 Å². The molecule has 0 spiro atoms. The quantitative estimate of drug-likeness (QED) is 0.511. The number of halogens is 5. The van der Waals surface area contributed by atoms with E-state index in [0.717, 1.165) is 0 Å². The maximum atomic E-state index is 12.1. The van der Waals surface area contributed by atoms with Crippen molar-refractivity contribution in [2.24, 2.45) is 0 Å². The summed E-state index contributed by atoms with van der Waals surface area (Å²) in [6, 6.07) is -3.58. The molecule has 0 aliphatic carbocycles. The zero-order valence-corrected chi connectivity index (χ0v) is 5.92. The SMILES string of the molecule is O=C(F)C(F)(C(F)F)S(=O)(=O)F. The Morgan fingerprint density at radius 3 is 1.67 bits per heavy atom. The molecule has 0 saturated heterocycles. The van der Waals surface area contributed by atoms with Crippen molar-refractivity contribution >= 4 is 16.3 Å². The maximum Gasteiger partial charge on any atom is 0.386 e. The molecule has 12 heavy (non-hydrogen) atoms. The van der Waals surface area contributed by atoms with Crippen LogP contribution >= 0.6 is 0 Å². The second-order valence-corrected chi connectivity index (χ2v) is 3.13. The van der Waals surface area contributed by atoms with Crippen molar-refractivity contribution in [1.82, 2.24) is 0 Å². The number of alkyl halides is 3. The first-order chi connectivity index (χ1) is 5.14. The summed E-state index contributed by atoms with van der Waals surface area (Å²) in [5, 5.41) is -5.40. The van der Waals surface area contributed by atoms with Gasteiger partial charge >= 0.3 is 21.3 Å². The Kier molecular flexibility index (Phi) is 2.78. The molecule has 0 aromatic rings. The van der Waals surface area contributed by atoms with E-state index in [1.807, 2.05) is 0 Å². The molecule has 0 aliphatic rings. The van der Waals surface area contributed by atoms with Crippen molar-refractivity contribution < 1.29 is 34.7 Å². The first-order valence-electron chi connectivity index (χ1n) is 2.25. The van der Waals surface area contributed by atoms with Crippen LogP contribution in [0.2, 0.25) is 0 Å². The highest BCUT2D eigenvalue weighted by Crippen LogP contribution is 2.30. The number of hydrogen-bond acceptors (Lipinski definition) is 3. The van der Waals surface area contributed by atoms with Crippen LogP contribution in [0.4, 0.5) is 21.4 Å². The minimum atomic E-state index is -6.60. The number of hydrogen-bond donors (Lipinski definition) is 0. The Bertz CT molecular complexity index is 284. The Morgan fingerprint density at radius 1 is 1.33 bits per heavy atom. The molecule has 0 bridgehead atoms. The molecule has 0 N–H and O–H groups in total. The standard InChI is InChI=1S/C3HF5O3S/c4-1(5)3(7,2(6)9)12(8,10)11/h1H.